The third-order valence-corrected chi connectivity index (χ3v) is 0.795. The van der Waals surface area contributed by atoms with Crippen LogP contribution in [0.2, 0.25) is 0 Å². The molecular formula is C6H18O2SiTi. The molecule has 1 atom stereocenters. The Bertz CT molecular complexity index is 70.6. The Labute approximate surface area is 81.9 Å². The summed E-state index contributed by atoms with van der Waals surface area (Å²) in [6.45, 7) is 5.03. The Morgan fingerprint density at radius 1 is 1.40 bits per heavy atom. The van der Waals surface area contributed by atoms with Crippen molar-refractivity contribution < 1.29 is 31.9 Å². The monoisotopic (exact) mass is 198 g/mol. The maximum Gasteiger partial charge on any atom is 0.0616 e. The molecule has 0 aromatic carbocycles. The minimum Gasteiger partial charge on any atom is -0.393 e. The molecule has 2 N–H and O–H groups in total. The molecule has 0 spiro atoms. The second-order valence-electron chi connectivity index (χ2n) is 2.87. The van der Waals surface area contributed by atoms with Gasteiger partial charge in [0.15, 0.2) is 0 Å². The van der Waals surface area contributed by atoms with Gasteiger partial charge in [-0.1, -0.05) is 0 Å². The molecule has 4 heteroatoms. The molecule has 0 aromatic heterocycles. The van der Waals surface area contributed by atoms with Gasteiger partial charge in [-0.05, 0) is 31.7 Å². The molecule has 0 aliphatic heterocycles. The van der Waals surface area contributed by atoms with E-state index < -0.39 is 11.7 Å². The molecule has 0 saturated carbocycles. The average Bonchev–Trinajstić information content (AvgIpc) is 1.21. The molecule has 0 heterocycles. The van der Waals surface area contributed by atoms with Crippen LogP contribution in [0, 0.1) is 0 Å². The molecule has 2 nitrogen and oxygen atoms in total. The van der Waals surface area contributed by atoms with Crippen LogP contribution in [0.3, 0.4) is 0 Å². The van der Waals surface area contributed by atoms with E-state index in [4.69, 9.17) is 10.2 Å². The molecule has 0 radical (unpaired) electrons. The van der Waals surface area contributed by atoms with Crippen LogP contribution < -0.4 is 0 Å². The predicted molar refractivity (Wildman–Crippen MR) is 43.9 cm³/mol. The standard InChI is InChI=1S/C6H14O2.H4Si.Ti/c1-5(7)4-6(2,3)8;;/h5,7-8H,4H2,1-3H3;1H4;. The van der Waals surface area contributed by atoms with Crippen LogP contribution in [0.1, 0.15) is 27.2 Å². The van der Waals surface area contributed by atoms with Gasteiger partial charge in [0.2, 0.25) is 0 Å². The van der Waals surface area contributed by atoms with Gasteiger partial charge in [0.25, 0.3) is 0 Å². The van der Waals surface area contributed by atoms with Crippen LogP contribution in [-0.4, -0.2) is 32.9 Å². The van der Waals surface area contributed by atoms with E-state index >= 15 is 0 Å². The van der Waals surface area contributed by atoms with Crippen LogP contribution in [0.25, 0.3) is 0 Å². The van der Waals surface area contributed by atoms with Gasteiger partial charge in [-0.25, -0.2) is 0 Å². The molecule has 0 fully saturated rings. The van der Waals surface area contributed by atoms with Crippen molar-refractivity contribution in [2.45, 2.75) is 38.9 Å². The van der Waals surface area contributed by atoms with Crippen molar-refractivity contribution in [2.75, 3.05) is 0 Å². The van der Waals surface area contributed by atoms with Crippen molar-refractivity contribution in [1.29, 1.82) is 0 Å². The fraction of sp³-hybridized carbons (Fsp3) is 1.00. The number of aliphatic hydroxyl groups is 2. The van der Waals surface area contributed by atoms with Crippen molar-refractivity contribution in [3.05, 3.63) is 0 Å². The zero-order valence-corrected chi connectivity index (χ0v) is 7.74. The van der Waals surface area contributed by atoms with Crippen LogP contribution in [0.4, 0.5) is 0 Å². The summed E-state index contributed by atoms with van der Waals surface area (Å²) in [5, 5.41) is 17.8. The van der Waals surface area contributed by atoms with Crippen LogP contribution in [-0.2, 0) is 21.7 Å². The Morgan fingerprint density at radius 3 is 1.70 bits per heavy atom. The van der Waals surface area contributed by atoms with Gasteiger partial charge in [0.05, 0.1) is 11.7 Å². The maximum absolute atomic E-state index is 9.03. The van der Waals surface area contributed by atoms with E-state index in [1.54, 1.807) is 20.8 Å². The Balaban J connectivity index is -0.000000245. The van der Waals surface area contributed by atoms with Crippen molar-refractivity contribution in [1.82, 2.24) is 0 Å². The summed E-state index contributed by atoms with van der Waals surface area (Å²) in [6, 6.07) is 0. The summed E-state index contributed by atoms with van der Waals surface area (Å²) in [7, 11) is 0. The molecule has 0 amide bonds. The third-order valence-electron chi connectivity index (χ3n) is 0.795. The van der Waals surface area contributed by atoms with Crippen molar-refractivity contribution >= 4 is 11.0 Å². The minimum absolute atomic E-state index is 0. The van der Waals surface area contributed by atoms with Gasteiger partial charge in [-0.15, -0.1) is 0 Å². The van der Waals surface area contributed by atoms with E-state index in [2.05, 4.69) is 0 Å². The summed E-state index contributed by atoms with van der Waals surface area (Å²) < 4.78 is 0. The number of hydrogen-bond acceptors (Lipinski definition) is 2. The molecule has 1 unspecified atom stereocenters. The van der Waals surface area contributed by atoms with Gasteiger partial charge < -0.3 is 10.2 Å². The van der Waals surface area contributed by atoms with E-state index in [1.807, 2.05) is 0 Å². The summed E-state index contributed by atoms with van der Waals surface area (Å²) in [4.78, 5) is 0. The second kappa shape index (κ2) is 6.55. The summed E-state index contributed by atoms with van der Waals surface area (Å²) in [5.41, 5.74) is -0.728. The molecule has 0 aromatic rings. The normalized spacial score (nSPS) is 12.9. The minimum atomic E-state index is -0.728. The van der Waals surface area contributed by atoms with Crippen molar-refractivity contribution in [2.24, 2.45) is 0 Å². The predicted octanol–water partition coefficient (Wildman–Crippen LogP) is -0.926. The number of hydrogen-bond donors (Lipinski definition) is 2. The van der Waals surface area contributed by atoms with E-state index in [9.17, 15) is 0 Å². The van der Waals surface area contributed by atoms with E-state index in [1.165, 1.54) is 0 Å². The quantitative estimate of drug-likeness (QED) is 0.563. The first-order valence-corrected chi connectivity index (χ1v) is 2.82. The van der Waals surface area contributed by atoms with Crippen LogP contribution in [0.5, 0.6) is 0 Å². The Kier molecular flexibility index (Phi) is 11.2. The SMILES string of the molecule is CC(O)CC(C)(C)O.[SiH4].[Ti]. The van der Waals surface area contributed by atoms with Gasteiger partial charge in [-0.3, -0.25) is 0 Å². The van der Waals surface area contributed by atoms with Crippen molar-refractivity contribution in [3.63, 3.8) is 0 Å². The zero-order valence-electron chi connectivity index (χ0n) is 6.18. The Hall–Kier alpha value is 0.851. The smallest absolute Gasteiger partial charge is 0.0616 e. The Morgan fingerprint density at radius 2 is 1.70 bits per heavy atom. The van der Waals surface area contributed by atoms with Gasteiger partial charge in [0, 0.05) is 28.1 Å². The van der Waals surface area contributed by atoms with E-state index in [0.29, 0.717) is 6.42 Å². The van der Waals surface area contributed by atoms with Crippen LogP contribution in [0.15, 0.2) is 0 Å². The fourth-order valence-electron chi connectivity index (χ4n) is 0.723. The molecule has 0 aliphatic carbocycles. The molecule has 10 heavy (non-hydrogen) atoms. The molecule has 62 valence electrons. The van der Waals surface area contributed by atoms with Gasteiger partial charge >= 0.3 is 0 Å². The first kappa shape index (κ1) is 17.1. The molecule has 0 aliphatic rings. The average molecular weight is 198 g/mol. The summed E-state index contributed by atoms with van der Waals surface area (Å²) in [5.74, 6) is 0. The van der Waals surface area contributed by atoms with E-state index in [0.717, 1.165) is 0 Å². The largest absolute Gasteiger partial charge is 0.393 e. The maximum atomic E-state index is 9.03. The summed E-state index contributed by atoms with van der Waals surface area (Å²) >= 11 is 0. The third kappa shape index (κ3) is 15.9. The first-order valence-electron chi connectivity index (χ1n) is 2.82. The molecule has 0 saturated heterocycles. The first-order chi connectivity index (χ1) is 3.42. The van der Waals surface area contributed by atoms with Gasteiger partial charge in [0.1, 0.15) is 0 Å². The summed E-state index contributed by atoms with van der Waals surface area (Å²) in [6.07, 6.45) is 0.0301. The number of rotatable bonds is 2. The van der Waals surface area contributed by atoms with E-state index in [-0.39, 0.29) is 32.7 Å². The zero-order chi connectivity index (χ0) is 6.78. The van der Waals surface area contributed by atoms with Crippen LogP contribution >= 0.6 is 0 Å². The van der Waals surface area contributed by atoms with Gasteiger partial charge in [-0.2, -0.15) is 0 Å². The second-order valence-corrected chi connectivity index (χ2v) is 2.87. The topological polar surface area (TPSA) is 40.5 Å². The molecule has 0 rings (SSSR count). The van der Waals surface area contributed by atoms with Crippen molar-refractivity contribution in [3.8, 4) is 0 Å². The number of aliphatic hydroxyl groups excluding tert-OH is 1. The fourth-order valence-corrected chi connectivity index (χ4v) is 0.723. The molecular weight excluding hydrogens is 180 g/mol. The molecule has 0 bridgehead atoms.